The molecule has 3 aromatic carbocycles. The first-order valence-electron chi connectivity index (χ1n) is 16.0. The molecule has 0 amide bonds. The number of nitro benzene ring substituents is 1. The van der Waals surface area contributed by atoms with Gasteiger partial charge in [-0.1, -0.05) is 115 Å². The topological polar surface area (TPSA) is 71.8 Å². The number of aromatic nitrogens is 2. The van der Waals surface area contributed by atoms with Crippen LogP contribution in [0.5, 0.6) is 0 Å². The molecule has 1 heterocycles. The molecule has 0 bridgehead atoms. The van der Waals surface area contributed by atoms with Gasteiger partial charge >= 0.3 is 0 Å². The van der Waals surface area contributed by atoms with Gasteiger partial charge in [-0.3, -0.25) is 10.1 Å². The van der Waals surface area contributed by atoms with Gasteiger partial charge in [0.1, 0.15) is 5.82 Å². The van der Waals surface area contributed by atoms with E-state index in [2.05, 4.69) is 55.2 Å². The lowest BCUT2D eigenvalue weighted by molar-refractivity contribution is -0.384. The number of rotatable bonds is 16. The first-order valence-corrected chi connectivity index (χ1v) is 16.0. The number of benzene rings is 3. The smallest absolute Gasteiger partial charge is 0.269 e. The lowest BCUT2D eigenvalue weighted by Gasteiger charge is -2.33. The summed E-state index contributed by atoms with van der Waals surface area (Å²) in [5.41, 5.74) is 8.61. The van der Waals surface area contributed by atoms with Crippen LogP contribution in [0.4, 0.5) is 5.69 Å². The molecule has 41 heavy (non-hydrogen) atoms. The molecule has 1 aromatic heterocycles. The normalized spacial score (nSPS) is 13.4. The first-order chi connectivity index (χ1) is 20.1. The summed E-state index contributed by atoms with van der Waals surface area (Å²) in [6.45, 7) is 4.57. The van der Waals surface area contributed by atoms with Crippen LogP contribution in [0.1, 0.15) is 115 Å². The van der Waals surface area contributed by atoms with Crippen molar-refractivity contribution in [3.05, 3.63) is 81.9 Å². The fourth-order valence-corrected chi connectivity index (χ4v) is 6.91. The van der Waals surface area contributed by atoms with Gasteiger partial charge in [0.2, 0.25) is 0 Å². The summed E-state index contributed by atoms with van der Waals surface area (Å²) >= 11 is 0. The summed E-state index contributed by atoms with van der Waals surface area (Å²) in [6, 6.07) is 20.4. The Bertz CT molecular complexity index is 1440. The van der Waals surface area contributed by atoms with Crippen LogP contribution in [0.15, 0.2) is 60.7 Å². The summed E-state index contributed by atoms with van der Waals surface area (Å²) in [7, 11) is 0. The average molecular weight is 552 g/mol. The quantitative estimate of drug-likeness (QED) is 0.0855. The number of H-pyrrole nitrogens is 1. The van der Waals surface area contributed by atoms with E-state index in [0.29, 0.717) is 0 Å². The highest BCUT2D eigenvalue weighted by Gasteiger charge is 2.42. The minimum atomic E-state index is -0.363. The van der Waals surface area contributed by atoms with Gasteiger partial charge in [-0.15, -0.1) is 0 Å². The Kier molecular flexibility index (Phi) is 9.53. The van der Waals surface area contributed by atoms with E-state index in [1.165, 1.54) is 112 Å². The van der Waals surface area contributed by atoms with Crippen molar-refractivity contribution < 1.29 is 4.92 Å². The molecular weight excluding hydrogens is 506 g/mol. The Balaban J connectivity index is 1.49. The highest BCUT2D eigenvalue weighted by molar-refractivity contribution is 5.91. The lowest BCUT2D eigenvalue weighted by Crippen LogP contribution is -2.25. The van der Waals surface area contributed by atoms with Gasteiger partial charge in [0.05, 0.1) is 16.0 Å². The van der Waals surface area contributed by atoms with Crippen LogP contribution < -0.4 is 0 Å². The third kappa shape index (κ3) is 6.24. The second-order valence-electron chi connectivity index (χ2n) is 12.0. The monoisotopic (exact) mass is 551 g/mol. The third-order valence-electron chi connectivity index (χ3n) is 9.14. The molecule has 0 aliphatic heterocycles. The molecule has 5 nitrogen and oxygen atoms in total. The zero-order valence-electron chi connectivity index (χ0n) is 24.9. The Morgan fingerprint density at radius 2 is 1.34 bits per heavy atom. The molecule has 1 N–H and O–H groups in total. The van der Waals surface area contributed by atoms with Crippen LogP contribution in [-0.2, 0) is 5.41 Å². The number of hydrogen-bond donors (Lipinski definition) is 1. The lowest BCUT2D eigenvalue weighted by atomic mass is 9.70. The van der Waals surface area contributed by atoms with Crippen molar-refractivity contribution in [1.29, 1.82) is 0 Å². The van der Waals surface area contributed by atoms with Crippen molar-refractivity contribution >= 4 is 16.7 Å². The molecule has 0 spiro atoms. The summed E-state index contributed by atoms with van der Waals surface area (Å²) in [5, 5.41) is 11.1. The molecule has 216 valence electrons. The Labute approximate surface area is 245 Å². The number of fused-ring (bicyclic) bond motifs is 4. The third-order valence-corrected chi connectivity index (χ3v) is 9.14. The molecular formula is C36H45N3O2. The Morgan fingerprint density at radius 3 is 1.98 bits per heavy atom. The first kappa shape index (κ1) is 29.0. The van der Waals surface area contributed by atoms with E-state index >= 15 is 0 Å². The molecule has 0 atom stereocenters. The van der Waals surface area contributed by atoms with E-state index in [9.17, 15) is 10.1 Å². The number of unbranched alkanes of at least 4 members (excludes halogenated alkanes) is 10. The van der Waals surface area contributed by atoms with Crippen LogP contribution in [0, 0.1) is 10.1 Å². The van der Waals surface area contributed by atoms with Gasteiger partial charge in [-0.2, -0.15) is 0 Å². The molecule has 0 fully saturated rings. The zero-order valence-corrected chi connectivity index (χ0v) is 24.9. The largest absolute Gasteiger partial charge is 0.338 e. The summed E-state index contributed by atoms with van der Waals surface area (Å²) < 4.78 is 0. The molecule has 0 saturated heterocycles. The van der Waals surface area contributed by atoms with Crippen LogP contribution in [0.2, 0.25) is 0 Å². The van der Waals surface area contributed by atoms with E-state index < -0.39 is 0 Å². The maximum absolute atomic E-state index is 11.1. The van der Waals surface area contributed by atoms with Crippen molar-refractivity contribution in [2.45, 2.75) is 109 Å². The molecule has 0 saturated carbocycles. The van der Waals surface area contributed by atoms with Crippen molar-refractivity contribution in [3.63, 3.8) is 0 Å². The van der Waals surface area contributed by atoms with E-state index in [4.69, 9.17) is 4.98 Å². The zero-order chi connectivity index (χ0) is 28.7. The SMILES string of the molecule is CCCCCCCCC1(CCCCCCCC)c2ccccc2-c2cc3nc(-c4ccc([N+](=O)[O-])cc4)[nH]c3cc21. The minimum Gasteiger partial charge on any atom is -0.338 e. The van der Waals surface area contributed by atoms with Crippen molar-refractivity contribution in [2.75, 3.05) is 0 Å². The fourth-order valence-electron chi connectivity index (χ4n) is 6.91. The van der Waals surface area contributed by atoms with Gasteiger partial charge in [0.15, 0.2) is 0 Å². The summed E-state index contributed by atoms with van der Waals surface area (Å²) in [4.78, 5) is 19.3. The standard InChI is InChI=1S/C36H45N3O2/c1-3-5-7-9-11-15-23-36(24-16-12-10-8-6-4-2)31-18-14-13-17-29(31)30-25-33-34(26-32(30)36)38-35(37-33)27-19-21-28(22-20-27)39(40)41/h13-14,17-22,25-26H,3-12,15-16,23-24H2,1-2H3,(H,37,38). The molecule has 0 unspecified atom stereocenters. The summed E-state index contributed by atoms with van der Waals surface area (Å²) in [5.74, 6) is 0.754. The highest BCUT2D eigenvalue weighted by atomic mass is 16.6. The number of imidazole rings is 1. The van der Waals surface area contributed by atoms with Crippen LogP contribution in [-0.4, -0.2) is 14.9 Å². The van der Waals surface area contributed by atoms with Crippen LogP contribution in [0.25, 0.3) is 33.5 Å². The molecule has 1 aliphatic rings. The van der Waals surface area contributed by atoms with Crippen molar-refractivity contribution in [2.24, 2.45) is 0 Å². The Hall–Kier alpha value is -3.47. The van der Waals surface area contributed by atoms with Crippen LogP contribution in [0.3, 0.4) is 0 Å². The predicted molar refractivity (Wildman–Crippen MR) is 170 cm³/mol. The molecule has 5 rings (SSSR count). The van der Waals surface area contributed by atoms with E-state index in [0.717, 1.165) is 22.4 Å². The van der Waals surface area contributed by atoms with E-state index in [1.54, 1.807) is 24.3 Å². The number of hydrogen-bond acceptors (Lipinski definition) is 3. The van der Waals surface area contributed by atoms with E-state index in [1.807, 2.05) is 0 Å². The molecule has 5 heteroatoms. The number of nitro groups is 1. The maximum atomic E-state index is 11.1. The number of nitrogens with zero attached hydrogens (tertiary/aromatic N) is 2. The van der Waals surface area contributed by atoms with Gasteiger partial charge in [-0.25, -0.2) is 4.98 Å². The van der Waals surface area contributed by atoms with Gasteiger partial charge in [0, 0.05) is 23.1 Å². The van der Waals surface area contributed by atoms with Crippen molar-refractivity contribution in [3.8, 4) is 22.5 Å². The van der Waals surface area contributed by atoms with Gasteiger partial charge < -0.3 is 4.98 Å². The van der Waals surface area contributed by atoms with Gasteiger partial charge in [0.25, 0.3) is 5.69 Å². The minimum absolute atomic E-state index is 0.0360. The number of nitrogens with one attached hydrogen (secondary N) is 1. The fraction of sp³-hybridized carbons (Fsp3) is 0.472. The highest BCUT2D eigenvalue weighted by Crippen LogP contribution is 2.55. The second kappa shape index (κ2) is 13.5. The second-order valence-corrected chi connectivity index (χ2v) is 12.0. The number of aromatic amines is 1. The number of non-ortho nitro benzene ring substituents is 1. The van der Waals surface area contributed by atoms with Crippen LogP contribution >= 0.6 is 0 Å². The average Bonchev–Trinajstić information content (AvgIpc) is 3.53. The van der Waals surface area contributed by atoms with E-state index in [-0.39, 0.29) is 16.0 Å². The van der Waals surface area contributed by atoms with Gasteiger partial charge in [-0.05, 0) is 59.4 Å². The molecule has 4 aromatic rings. The Morgan fingerprint density at radius 1 is 0.732 bits per heavy atom. The maximum Gasteiger partial charge on any atom is 0.269 e. The summed E-state index contributed by atoms with van der Waals surface area (Å²) in [6.07, 6.45) is 18.1. The van der Waals surface area contributed by atoms with Crippen molar-refractivity contribution in [1.82, 2.24) is 9.97 Å². The molecule has 1 aliphatic carbocycles. The molecule has 0 radical (unpaired) electrons. The predicted octanol–water partition coefficient (Wildman–Crippen LogP) is 10.9.